The lowest BCUT2D eigenvalue weighted by molar-refractivity contribution is -0.153. The van der Waals surface area contributed by atoms with Crippen LogP contribution in [0.1, 0.15) is 25.3 Å². The van der Waals surface area contributed by atoms with E-state index in [0.29, 0.717) is 17.0 Å². The number of nitriles is 1. The first-order valence-electron chi connectivity index (χ1n) is 9.53. The number of nitrogens with zero attached hydrogens (tertiary/aromatic N) is 2. The SMILES string of the molecule is C[C@H](Oc1ccc(C#N)cc1)C(=O)OCC(=O)Nc1ccc(N2CCCC2)cc1. The van der Waals surface area contributed by atoms with Crippen LogP contribution < -0.4 is 15.0 Å². The molecule has 1 atom stereocenters. The normalized spacial score (nSPS) is 14.0. The number of hydrogen-bond acceptors (Lipinski definition) is 6. The maximum absolute atomic E-state index is 12.0. The van der Waals surface area contributed by atoms with Gasteiger partial charge in [0.15, 0.2) is 12.7 Å². The van der Waals surface area contributed by atoms with Crippen molar-refractivity contribution in [1.82, 2.24) is 0 Å². The van der Waals surface area contributed by atoms with Crippen molar-refractivity contribution < 1.29 is 19.1 Å². The van der Waals surface area contributed by atoms with Crippen LogP contribution in [0.4, 0.5) is 11.4 Å². The smallest absolute Gasteiger partial charge is 0.347 e. The highest BCUT2D eigenvalue weighted by Gasteiger charge is 2.18. The van der Waals surface area contributed by atoms with Crippen molar-refractivity contribution in [2.75, 3.05) is 29.9 Å². The van der Waals surface area contributed by atoms with E-state index in [0.717, 1.165) is 18.8 Å². The zero-order valence-corrected chi connectivity index (χ0v) is 16.3. The van der Waals surface area contributed by atoms with Gasteiger partial charge in [0.1, 0.15) is 5.75 Å². The zero-order chi connectivity index (χ0) is 20.6. The number of anilines is 2. The van der Waals surface area contributed by atoms with Crippen LogP contribution >= 0.6 is 0 Å². The molecular formula is C22H23N3O4. The summed E-state index contributed by atoms with van der Waals surface area (Å²) in [6.07, 6.45) is 1.53. The van der Waals surface area contributed by atoms with Crippen molar-refractivity contribution >= 4 is 23.3 Å². The molecule has 1 fully saturated rings. The van der Waals surface area contributed by atoms with Crippen molar-refractivity contribution in [1.29, 1.82) is 5.26 Å². The monoisotopic (exact) mass is 393 g/mol. The molecule has 0 aliphatic carbocycles. The summed E-state index contributed by atoms with van der Waals surface area (Å²) in [4.78, 5) is 26.4. The average molecular weight is 393 g/mol. The van der Waals surface area contributed by atoms with Crippen LogP contribution in [0, 0.1) is 11.3 Å². The Morgan fingerprint density at radius 2 is 1.76 bits per heavy atom. The minimum absolute atomic E-state index is 0.395. The summed E-state index contributed by atoms with van der Waals surface area (Å²) < 4.78 is 10.5. The Kier molecular flexibility index (Phi) is 6.69. The highest BCUT2D eigenvalue weighted by Crippen LogP contribution is 2.22. The summed E-state index contributed by atoms with van der Waals surface area (Å²) in [5.41, 5.74) is 2.29. The molecule has 1 amide bonds. The molecule has 1 aliphatic heterocycles. The Labute approximate surface area is 169 Å². The molecule has 3 rings (SSSR count). The average Bonchev–Trinajstić information content (AvgIpc) is 3.28. The second-order valence-electron chi connectivity index (χ2n) is 6.79. The number of ether oxygens (including phenoxy) is 2. The van der Waals surface area contributed by atoms with Crippen molar-refractivity contribution in [2.24, 2.45) is 0 Å². The van der Waals surface area contributed by atoms with E-state index in [4.69, 9.17) is 14.7 Å². The van der Waals surface area contributed by atoms with Gasteiger partial charge < -0.3 is 19.7 Å². The topological polar surface area (TPSA) is 91.7 Å². The van der Waals surface area contributed by atoms with Gasteiger partial charge in [-0.1, -0.05) is 0 Å². The Morgan fingerprint density at radius 3 is 2.38 bits per heavy atom. The molecule has 1 heterocycles. The van der Waals surface area contributed by atoms with Crippen LogP contribution in [0.5, 0.6) is 5.75 Å². The quantitative estimate of drug-likeness (QED) is 0.727. The fourth-order valence-electron chi connectivity index (χ4n) is 3.04. The van der Waals surface area contributed by atoms with Gasteiger partial charge in [0.25, 0.3) is 5.91 Å². The van der Waals surface area contributed by atoms with Gasteiger partial charge in [-0.05, 0) is 68.3 Å². The number of esters is 1. The maximum atomic E-state index is 12.0. The molecular weight excluding hydrogens is 370 g/mol. The van der Waals surface area contributed by atoms with Gasteiger partial charge >= 0.3 is 5.97 Å². The fraction of sp³-hybridized carbons (Fsp3) is 0.318. The fourth-order valence-corrected chi connectivity index (χ4v) is 3.04. The Hall–Kier alpha value is -3.53. The Morgan fingerprint density at radius 1 is 1.10 bits per heavy atom. The number of rotatable bonds is 7. The van der Waals surface area contributed by atoms with Gasteiger partial charge in [0.2, 0.25) is 0 Å². The molecule has 0 aromatic heterocycles. The first kappa shape index (κ1) is 20.2. The third kappa shape index (κ3) is 5.72. The highest BCUT2D eigenvalue weighted by molar-refractivity contribution is 5.93. The molecule has 2 aromatic carbocycles. The molecule has 0 spiro atoms. The molecule has 2 aromatic rings. The van der Waals surface area contributed by atoms with Gasteiger partial charge in [0.05, 0.1) is 11.6 Å². The standard InChI is InChI=1S/C22H23N3O4/c1-16(29-20-10-4-17(14-23)5-11-20)22(27)28-15-21(26)24-18-6-8-19(9-7-18)25-12-2-3-13-25/h4-11,16H,2-3,12-13,15H2,1H3,(H,24,26)/t16-/m0/s1. The first-order valence-corrected chi connectivity index (χ1v) is 9.53. The van der Waals surface area contributed by atoms with Crippen molar-refractivity contribution in [3.8, 4) is 11.8 Å². The largest absolute Gasteiger partial charge is 0.479 e. The van der Waals surface area contributed by atoms with E-state index >= 15 is 0 Å². The second-order valence-corrected chi connectivity index (χ2v) is 6.79. The van der Waals surface area contributed by atoms with Crippen LogP contribution in [-0.2, 0) is 14.3 Å². The summed E-state index contributed by atoms with van der Waals surface area (Å²) in [6, 6.07) is 16.0. The number of carbonyl (C=O) groups is 2. The molecule has 150 valence electrons. The van der Waals surface area contributed by atoms with Gasteiger partial charge in [-0.25, -0.2) is 4.79 Å². The van der Waals surface area contributed by atoms with E-state index in [9.17, 15) is 9.59 Å². The van der Waals surface area contributed by atoms with Crippen molar-refractivity contribution in [2.45, 2.75) is 25.9 Å². The first-order chi connectivity index (χ1) is 14.0. The van der Waals surface area contributed by atoms with E-state index in [-0.39, 0.29) is 0 Å². The van der Waals surface area contributed by atoms with Crippen LogP contribution in [0.15, 0.2) is 48.5 Å². The van der Waals surface area contributed by atoms with E-state index in [1.54, 1.807) is 24.3 Å². The summed E-state index contributed by atoms with van der Waals surface area (Å²) in [7, 11) is 0. The van der Waals surface area contributed by atoms with Crippen LogP contribution in [0.3, 0.4) is 0 Å². The molecule has 1 aliphatic rings. The van der Waals surface area contributed by atoms with E-state index in [2.05, 4.69) is 10.2 Å². The molecule has 7 heteroatoms. The van der Waals surface area contributed by atoms with Crippen LogP contribution in [-0.4, -0.2) is 37.7 Å². The van der Waals surface area contributed by atoms with Crippen LogP contribution in [0.25, 0.3) is 0 Å². The lowest BCUT2D eigenvalue weighted by Crippen LogP contribution is -2.29. The number of hydrogen-bond donors (Lipinski definition) is 1. The summed E-state index contributed by atoms with van der Waals surface area (Å²) >= 11 is 0. The molecule has 7 nitrogen and oxygen atoms in total. The third-order valence-electron chi connectivity index (χ3n) is 4.60. The number of amides is 1. The minimum atomic E-state index is -0.879. The molecule has 0 unspecified atom stereocenters. The van der Waals surface area contributed by atoms with E-state index < -0.39 is 24.6 Å². The number of nitrogens with one attached hydrogen (secondary N) is 1. The lowest BCUT2D eigenvalue weighted by Gasteiger charge is -2.18. The number of benzene rings is 2. The number of carbonyl (C=O) groups excluding carboxylic acids is 2. The Bertz CT molecular complexity index is 882. The molecule has 1 N–H and O–H groups in total. The van der Waals surface area contributed by atoms with E-state index in [1.807, 2.05) is 30.3 Å². The third-order valence-corrected chi connectivity index (χ3v) is 4.60. The zero-order valence-electron chi connectivity index (χ0n) is 16.3. The molecule has 0 radical (unpaired) electrons. The van der Waals surface area contributed by atoms with E-state index in [1.165, 1.54) is 19.8 Å². The summed E-state index contributed by atoms with van der Waals surface area (Å²) in [5.74, 6) is -0.622. The summed E-state index contributed by atoms with van der Waals surface area (Å²) in [6.45, 7) is 3.26. The lowest BCUT2D eigenvalue weighted by atomic mass is 10.2. The minimum Gasteiger partial charge on any atom is -0.479 e. The van der Waals surface area contributed by atoms with Gasteiger partial charge in [-0.15, -0.1) is 0 Å². The molecule has 1 saturated heterocycles. The molecule has 0 saturated carbocycles. The maximum Gasteiger partial charge on any atom is 0.347 e. The van der Waals surface area contributed by atoms with Gasteiger partial charge in [-0.3, -0.25) is 4.79 Å². The van der Waals surface area contributed by atoms with Crippen molar-refractivity contribution in [3.05, 3.63) is 54.1 Å². The molecule has 0 bridgehead atoms. The van der Waals surface area contributed by atoms with Gasteiger partial charge in [-0.2, -0.15) is 5.26 Å². The van der Waals surface area contributed by atoms with Crippen LogP contribution in [0.2, 0.25) is 0 Å². The predicted molar refractivity (Wildman–Crippen MR) is 109 cm³/mol. The second kappa shape index (κ2) is 9.60. The molecule has 29 heavy (non-hydrogen) atoms. The Balaban J connectivity index is 1.43. The predicted octanol–water partition coefficient (Wildman–Crippen LogP) is 3.11. The van der Waals surface area contributed by atoms with Gasteiger partial charge in [0, 0.05) is 24.5 Å². The highest BCUT2D eigenvalue weighted by atomic mass is 16.6. The van der Waals surface area contributed by atoms with Crippen molar-refractivity contribution in [3.63, 3.8) is 0 Å². The summed E-state index contributed by atoms with van der Waals surface area (Å²) in [5, 5.41) is 11.5.